The van der Waals surface area contributed by atoms with Gasteiger partial charge in [0.2, 0.25) is 0 Å². The molecular formula is C12H14F2O3. The van der Waals surface area contributed by atoms with Crippen LogP contribution in [0.4, 0.5) is 8.78 Å². The predicted molar refractivity (Wildman–Crippen MR) is 57.5 cm³/mol. The molecule has 1 rings (SSSR count). The molecule has 0 aliphatic rings. The van der Waals surface area contributed by atoms with E-state index in [0.29, 0.717) is 5.56 Å². The number of ether oxygens (including phenoxy) is 1. The van der Waals surface area contributed by atoms with E-state index < -0.39 is 24.4 Å². The molecule has 0 bridgehead atoms. The zero-order chi connectivity index (χ0) is 13.0. The number of rotatable bonds is 4. The minimum atomic E-state index is -2.54. The van der Waals surface area contributed by atoms with Crippen LogP contribution in [0.1, 0.15) is 30.6 Å². The molecule has 2 atom stereocenters. The van der Waals surface area contributed by atoms with Crippen LogP contribution in [0.3, 0.4) is 0 Å². The van der Waals surface area contributed by atoms with Gasteiger partial charge in [-0.15, -0.1) is 0 Å². The second-order valence-corrected chi connectivity index (χ2v) is 3.72. The summed E-state index contributed by atoms with van der Waals surface area (Å²) in [6.07, 6.45) is -3.60. The maximum absolute atomic E-state index is 12.3. The monoisotopic (exact) mass is 244 g/mol. The Kier molecular flexibility index (Phi) is 4.57. The second-order valence-electron chi connectivity index (χ2n) is 3.72. The first kappa shape index (κ1) is 13.6. The zero-order valence-corrected chi connectivity index (χ0v) is 9.56. The number of carbonyl (C=O) groups is 1. The summed E-state index contributed by atoms with van der Waals surface area (Å²) in [6.45, 7) is 1.51. The van der Waals surface area contributed by atoms with Gasteiger partial charge in [-0.1, -0.05) is 24.3 Å². The Morgan fingerprint density at radius 3 is 2.12 bits per heavy atom. The number of esters is 1. The third-order valence-electron chi connectivity index (χ3n) is 2.58. The van der Waals surface area contributed by atoms with Gasteiger partial charge in [-0.3, -0.25) is 4.79 Å². The quantitative estimate of drug-likeness (QED) is 0.827. The van der Waals surface area contributed by atoms with Gasteiger partial charge in [0.15, 0.2) is 0 Å². The topological polar surface area (TPSA) is 46.5 Å². The molecule has 0 aromatic heterocycles. The number of hydrogen-bond acceptors (Lipinski definition) is 3. The largest absolute Gasteiger partial charge is 0.469 e. The Bertz CT molecular complexity index is 376. The van der Waals surface area contributed by atoms with Crippen LogP contribution in [0.5, 0.6) is 0 Å². The fourth-order valence-corrected chi connectivity index (χ4v) is 1.44. The number of benzene rings is 1. The van der Waals surface area contributed by atoms with Crippen LogP contribution < -0.4 is 0 Å². The summed E-state index contributed by atoms with van der Waals surface area (Å²) in [5.41, 5.74) is 0.291. The van der Waals surface area contributed by atoms with E-state index >= 15 is 0 Å². The van der Waals surface area contributed by atoms with Crippen LogP contribution in [-0.4, -0.2) is 18.2 Å². The van der Waals surface area contributed by atoms with Gasteiger partial charge >= 0.3 is 5.97 Å². The van der Waals surface area contributed by atoms with Gasteiger partial charge in [-0.25, -0.2) is 8.78 Å². The smallest absolute Gasteiger partial charge is 0.311 e. The summed E-state index contributed by atoms with van der Waals surface area (Å²) in [7, 11) is 1.23. The average Bonchev–Trinajstić information content (AvgIpc) is 2.36. The molecule has 0 amide bonds. The van der Waals surface area contributed by atoms with E-state index in [2.05, 4.69) is 4.74 Å². The maximum atomic E-state index is 12.3. The van der Waals surface area contributed by atoms with Gasteiger partial charge in [0.1, 0.15) is 0 Å². The Labute approximate surface area is 98.0 Å². The molecule has 0 aliphatic heterocycles. The molecule has 17 heavy (non-hydrogen) atoms. The van der Waals surface area contributed by atoms with E-state index in [4.69, 9.17) is 0 Å². The van der Waals surface area contributed by atoms with Crippen molar-refractivity contribution in [2.45, 2.75) is 19.5 Å². The van der Waals surface area contributed by atoms with Crippen molar-refractivity contribution in [2.24, 2.45) is 5.92 Å². The molecule has 0 heterocycles. The maximum Gasteiger partial charge on any atom is 0.311 e. The van der Waals surface area contributed by atoms with E-state index in [1.165, 1.54) is 38.3 Å². The van der Waals surface area contributed by atoms with Crippen molar-refractivity contribution in [2.75, 3.05) is 7.11 Å². The minimum Gasteiger partial charge on any atom is -0.469 e. The Balaban J connectivity index is 2.82. The molecule has 1 aromatic carbocycles. The summed E-state index contributed by atoms with van der Waals surface area (Å²) in [5, 5.41) is 9.83. The third-order valence-corrected chi connectivity index (χ3v) is 2.58. The molecule has 5 heteroatoms. The van der Waals surface area contributed by atoms with Crippen LogP contribution in [0.2, 0.25) is 0 Å². The lowest BCUT2D eigenvalue weighted by Gasteiger charge is -2.17. The van der Waals surface area contributed by atoms with Crippen molar-refractivity contribution in [3.63, 3.8) is 0 Å². The van der Waals surface area contributed by atoms with Crippen LogP contribution >= 0.6 is 0 Å². The molecule has 1 N–H and O–H groups in total. The number of aliphatic hydroxyl groups excluding tert-OH is 1. The lowest BCUT2D eigenvalue weighted by molar-refractivity contribution is -0.148. The molecule has 1 aromatic rings. The van der Waals surface area contributed by atoms with Crippen LogP contribution in [0.25, 0.3) is 0 Å². The number of carbonyl (C=O) groups excluding carboxylic acids is 1. The number of hydrogen-bond donors (Lipinski definition) is 1. The first-order valence-electron chi connectivity index (χ1n) is 5.11. The molecule has 0 saturated carbocycles. The molecule has 94 valence electrons. The SMILES string of the molecule is COC(=O)C(C)C(O)c1ccc(C(F)F)cc1. The number of halogens is 2. The van der Waals surface area contributed by atoms with Crippen molar-refractivity contribution in [3.05, 3.63) is 35.4 Å². The van der Waals surface area contributed by atoms with E-state index in [9.17, 15) is 18.7 Å². The van der Waals surface area contributed by atoms with E-state index in [-0.39, 0.29) is 5.56 Å². The van der Waals surface area contributed by atoms with E-state index in [1.54, 1.807) is 0 Å². The number of aliphatic hydroxyl groups is 1. The van der Waals surface area contributed by atoms with Gasteiger partial charge in [0, 0.05) is 5.56 Å². The van der Waals surface area contributed by atoms with Crippen LogP contribution in [-0.2, 0) is 9.53 Å². The van der Waals surface area contributed by atoms with Crippen molar-refractivity contribution >= 4 is 5.97 Å². The summed E-state index contributed by atoms with van der Waals surface area (Å²) < 4.78 is 29.1. The van der Waals surface area contributed by atoms with Crippen LogP contribution in [0, 0.1) is 5.92 Å². The highest BCUT2D eigenvalue weighted by Crippen LogP contribution is 2.25. The summed E-state index contributed by atoms with van der Waals surface area (Å²) in [4.78, 5) is 11.2. The third kappa shape index (κ3) is 3.23. The summed E-state index contributed by atoms with van der Waals surface area (Å²) >= 11 is 0. The zero-order valence-electron chi connectivity index (χ0n) is 9.56. The minimum absolute atomic E-state index is 0.119. The second kappa shape index (κ2) is 5.72. The summed E-state index contributed by atoms with van der Waals surface area (Å²) in [6, 6.07) is 5.22. The Morgan fingerprint density at radius 1 is 1.24 bits per heavy atom. The highest BCUT2D eigenvalue weighted by Gasteiger charge is 2.24. The Morgan fingerprint density at radius 2 is 1.71 bits per heavy atom. The van der Waals surface area contributed by atoms with Gasteiger partial charge < -0.3 is 9.84 Å². The molecular weight excluding hydrogens is 230 g/mol. The van der Waals surface area contributed by atoms with E-state index in [0.717, 1.165) is 0 Å². The predicted octanol–water partition coefficient (Wildman–Crippen LogP) is 2.47. The molecule has 0 fully saturated rings. The fourth-order valence-electron chi connectivity index (χ4n) is 1.44. The Hall–Kier alpha value is -1.49. The molecule has 0 radical (unpaired) electrons. The van der Waals surface area contributed by atoms with E-state index in [1.807, 2.05) is 0 Å². The fraction of sp³-hybridized carbons (Fsp3) is 0.417. The normalized spacial score (nSPS) is 14.5. The molecule has 2 unspecified atom stereocenters. The lowest BCUT2D eigenvalue weighted by Crippen LogP contribution is -2.20. The van der Waals surface area contributed by atoms with Gasteiger partial charge in [0.25, 0.3) is 6.43 Å². The van der Waals surface area contributed by atoms with Crippen molar-refractivity contribution in [1.29, 1.82) is 0 Å². The molecule has 0 saturated heterocycles. The standard InChI is InChI=1S/C12H14F2O3/c1-7(12(16)17-2)10(15)8-3-5-9(6-4-8)11(13)14/h3-7,10-11,15H,1-2H3. The van der Waals surface area contributed by atoms with Gasteiger partial charge in [-0.05, 0) is 12.5 Å². The number of alkyl halides is 2. The van der Waals surface area contributed by atoms with Crippen molar-refractivity contribution in [3.8, 4) is 0 Å². The highest BCUT2D eigenvalue weighted by atomic mass is 19.3. The number of methoxy groups -OCH3 is 1. The molecule has 0 spiro atoms. The first-order valence-corrected chi connectivity index (χ1v) is 5.11. The summed E-state index contributed by atoms with van der Waals surface area (Å²) in [5.74, 6) is -1.28. The van der Waals surface area contributed by atoms with Crippen molar-refractivity contribution < 1.29 is 23.4 Å². The molecule has 0 aliphatic carbocycles. The average molecular weight is 244 g/mol. The van der Waals surface area contributed by atoms with Gasteiger partial charge in [0.05, 0.1) is 19.1 Å². The lowest BCUT2D eigenvalue weighted by atomic mass is 9.97. The first-order chi connectivity index (χ1) is 7.97. The highest BCUT2D eigenvalue weighted by molar-refractivity contribution is 5.72. The van der Waals surface area contributed by atoms with Crippen LogP contribution in [0.15, 0.2) is 24.3 Å². The van der Waals surface area contributed by atoms with Gasteiger partial charge in [-0.2, -0.15) is 0 Å². The molecule has 3 nitrogen and oxygen atoms in total. The van der Waals surface area contributed by atoms with Crippen molar-refractivity contribution in [1.82, 2.24) is 0 Å².